The molecule has 0 radical (unpaired) electrons. The van der Waals surface area contributed by atoms with E-state index in [4.69, 9.17) is 14.7 Å². The second-order valence-electron chi connectivity index (χ2n) is 9.86. The molecule has 0 spiro atoms. The third-order valence-corrected chi connectivity index (χ3v) is 6.39. The second-order valence-corrected chi connectivity index (χ2v) is 9.86. The van der Waals surface area contributed by atoms with Crippen LogP contribution in [0, 0.1) is 27.7 Å². The van der Waals surface area contributed by atoms with Crippen molar-refractivity contribution in [2.45, 2.75) is 27.7 Å². The van der Waals surface area contributed by atoms with Crippen LogP contribution in [0.3, 0.4) is 0 Å². The summed E-state index contributed by atoms with van der Waals surface area (Å²) in [5, 5.41) is 2.78. The number of carbonyl (C=O) groups is 2. The topological polar surface area (TPSA) is 81.2 Å². The standard InChI is InChI=1S/C33H29N3O3/c1-20-5-9-24(10-6-20)31-32(25-11-7-21(2)8-12-25)36-29-18-26(13-14-28(29)35-31)33(38)39-19-30(37)34-27-16-22(3)15-23(4)17-27/h5-18H,19H2,1-4H3,(H,34,37). The van der Waals surface area contributed by atoms with Gasteiger partial charge in [0, 0.05) is 16.8 Å². The highest BCUT2D eigenvalue weighted by molar-refractivity contribution is 5.98. The highest BCUT2D eigenvalue weighted by Crippen LogP contribution is 2.31. The maximum absolute atomic E-state index is 12.8. The number of ether oxygens (including phenoxy) is 1. The summed E-state index contributed by atoms with van der Waals surface area (Å²) >= 11 is 0. The van der Waals surface area contributed by atoms with Gasteiger partial charge >= 0.3 is 5.97 Å². The lowest BCUT2D eigenvalue weighted by Gasteiger charge is -2.12. The lowest BCUT2D eigenvalue weighted by Crippen LogP contribution is -2.21. The van der Waals surface area contributed by atoms with E-state index in [2.05, 4.69) is 17.4 Å². The van der Waals surface area contributed by atoms with E-state index in [0.29, 0.717) is 22.3 Å². The molecule has 0 saturated carbocycles. The van der Waals surface area contributed by atoms with Gasteiger partial charge in [-0.25, -0.2) is 14.8 Å². The normalized spacial score (nSPS) is 10.9. The van der Waals surface area contributed by atoms with Gasteiger partial charge in [-0.2, -0.15) is 0 Å². The molecule has 0 unspecified atom stereocenters. The van der Waals surface area contributed by atoms with Crippen LogP contribution in [-0.4, -0.2) is 28.5 Å². The molecule has 6 heteroatoms. The van der Waals surface area contributed by atoms with Crippen molar-refractivity contribution in [3.63, 3.8) is 0 Å². The first kappa shape index (κ1) is 25.8. The summed E-state index contributed by atoms with van der Waals surface area (Å²) in [4.78, 5) is 35.1. The number of anilines is 1. The molecule has 0 saturated heterocycles. The number of nitrogens with zero attached hydrogens (tertiary/aromatic N) is 2. The minimum Gasteiger partial charge on any atom is -0.452 e. The SMILES string of the molecule is Cc1ccc(-c2nc3ccc(C(=O)OCC(=O)Nc4cc(C)cc(C)c4)cc3nc2-c2ccc(C)cc2)cc1. The maximum atomic E-state index is 12.8. The zero-order valence-electron chi connectivity index (χ0n) is 22.4. The van der Waals surface area contributed by atoms with Crippen molar-refractivity contribution in [3.8, 4) is 22.5 Å². The van der Waals surface area contributed by atoms with E-state index in [1.165, 1.54) is 0 Å². The van der Waals surface area contributed by atoms with Crippen molar-refractivity contribution in [2.75, 3.05) is 11.9 Å². The highest BCUT2D eigenvalue weighted by atomic mass is 16.5. The Labute approximate surface area is 227 Å². The van der Waals surface area contributed by atoms with E-state index in [9.17, 15) is 9.59 Å². The van der Waals surface area contributed by atoms with Crippen molar-refractivity contribution in [1.29, 1.82) is 0 Å². The van der Waals surface area contributed by atoms with Crippen molar-refractivity contribution < 1.29 is 14.3 Å². The third kappa shape index (κ3) is 6.02. The number of aromatic nitrogens is 2. The van der Waals surface area contributed by atoms with Crippen molar-refractivity contribution in [2.24, 2.45) is 0 Å². The molecular weight excluding hydrogens is 486 g/mol. The number of hydrogen-bond acceptors (Lipinski definition) is 5. The van der Waals surface area contributed by atoms with Gasteiger partial charge < -0.3 is 10.1 Å². The third-order valence-electron chi connectivity index (χ3n) is 6.39. The zero-order valence-corrected chi connectivity index (χ0v) is 22.4. The Balaban J connectivity index is 1.41. The summed E-state index contributed by atoms with van der Waals surface area (Å²) < 4.78 is 5.30. The number of benzene rings is 4. The fourth-order valence-electron chi connectivity index (χ4n) is 4.47. The Bertz CT molecular complexity index is 1670. The monoisotopic (exact) mass is 515 g/mol. The first-order chi connectivity index (χ1) is 18.7. The molecule has 0 aliphatic rings. The molecule has 194 valence electrons. The van der Waals surface area contributed by atoms with Crippen molar-refractivity contribution in [1.82, 2.24) is 9.97 Å². The lowest BCUT2D eigenvalue weighted by molar-refractivity contribution is -0.119. The van der Waals surface area contributed by atoms with Crippen LogP contribution in [0.1, 0.15) is 32.6 Å². The molecule has 0 atom stereocenters. The number of fused-ring (bicyclic) bond motifs is 1. The van der Waals surface area contributed by atoms with Gasteiger partial charge in [-0.05, 0) is 69.2 Å². The molecule has 0 aliphatic heterocycles. The van der Waals surface area contributed by atoms with Gasteiger partial charge in [-0.3, -0.25) is 4.79 Å². The van der Waals surface area contributed by atoms with E-state index in [0.717, 1.165) is 44.8 Å². The molecule has 5 aromatic rings. The molecule has 39 heavy (non-hydrogen) atoms. The number of carbonyl (C=O) groups excluding carboxylic acids is 2. The average Bonchev–Trinajstić information content (AvgIpc) is 2.91. The van der Waals surface area contributed by atoms with Crippen molar-refractivity contribution >= 4 is 28.6 Å². The minimum absolute atomic E-state index is 0.300. The Morgan fingerprint density at radius 1 is 0.641 bits per heavy atom. The van der Waals surface area contributed by atoms with Gasteiger partial charge in [-0.15, -0.1) is 0 Å². The van der Waals surface area contributed by atoms with Gasteiger partial charge in [0.15, 0.2) is 6.61 Å². The quantitative estimate of drug-likeness (QED) is 0.246. The fourth-order valence-corrected chi connectivity index (χ4v) is 4.47. The van der Waals surface area contributed by atoms with E-state index in [-0.39, 0.29) is 0 Å². The summed E-state index contributed by atoms with van der Waals surface area (Å²) in [6.45, 7) is 7.61. The smallest absolute Gasteiger partial charge is 0.338 e. The first-order valence-electron chi connectivity index (χ1n) is 12.8. The van der Waals surface area contributed by atoms with Gasteiger partial charge in [0.1, 0.15) is 0 Å². The molecule has 0 fully saturated rings. The second kappa shape index (κ2) is 10.9. The largest absolute Gasteiger partial charge is 0.452 e. The van der Waals surface area contributed by atoms with Gasteiger partial charge in [0.25, 0.3) is 5.91 Å². The van der Waals surface area contributed by atoms with Crippen LogP contribution in [-0.2, 0) is 9.53 Å². The first-order valence-corrected chi connectivity index (χ1v) is 12.8. The molecule has 1 heterocycles. The highest BCUT2D eigenvalue weighted by Gasteiger charge is 2.16. The van der Waals surface area contributed by atoms with Gasteiger partial charge in [-0.1, -0.05) is 65.7 Å². The molecule has 6 nitrogen and oxygen atoms in total. The van der Waals surface area contributed by atoms with Crippen LogP contribution in [0.15, 0.2) is 84.9 Å². The number of amides is 1. The van der Waals surface area contributed by atoms with E-state index in [1.54, 1.807) is 18.2 Å². The molecule has 5 rings (SSSR count). The predicted molar refractivity (Wildman–Crippen MR) is 155 cm³/mol. The maximum Gasteiger partial charge on any atom is 0.338 e. The van der Waals surface area contributed by atoms with Crippen LogP contribution in [0.4, 0.5) is 5.69 Å². The van der Waals surface area contributed by atoms with Crippen LogP contribution >= 0.6 is 0 Å². The molecule has 4 aromatic carbocycles. The number of nitrogens with one attached hydrogen (secondary N) is 1. The van der Waals surface area contributed by atoms with Crippen LogP contribution in [0.25, 0.3) is 33.5 Å². The summed E-state index contributed by atoms with van der Waals surface area (Å²) in [6, 6.07) is 27.1. The summed E-state index contributed by atoms with van der Waals surface area (Å²) in [5.41, 5.74) is 9.97. The van der Waals surface area contributed by atoms with Crippen LogP contribution < -0.4 is 5.32 Å². The lowest BCUT2D eigenvalue weighted by atomic mass is 10.0. The van der Waals surface area contributed by atoms with Gasteiger partial charge in [0.05, 0.1) is 28.0 Å². The zero-order chi connectivity index (χ0) is 27.5. The molecular formula is C33H29N3O3. The number of esters is 1. The average molecular weight is 516 g/mol. The Morgan fingerprint density at radius 3 is 1.74 bits per heavy atom. The van der Waals surface area contributed by atoms with Crippen molar-refractivity contribution in [3.05, 3.63) is 113 Å². The molecule has 0 aliphatic carbocycles. The summed E-state index contributed by atoms with van der Waals surface area (Å²) in [7, 11) is 0. The summed E-state index contributed by atoms with van der Waals surface area (Å²) in [6.07, 6.45) is 0. The Hall–Kier alpha value is -4.84. The fraction of sp³-hybridized carbons (Fsp3) is 0.152. The van der Waals surface area contributed by atoms with Crippen LogP contribution in [0.5, 0.6) is 0 Å². The molecule has 1 aromatic heterocycles. The van der Waals surface area contributed by atoms with E-state index >= 15 is 0 Å². The minimum atomic E-state index is -0.603. The number of hydrogen-bond donors (Lipinski definition) is 1. The van der Waals surface area contributed by atoms with Gasteiger partial charge in [0.2, 0.25) is 0 Å². The predicted octanol–water partition coefficient (Wildman–Crippen LogP) is 6.99. The van der Waals surface area contributed by atoms with E-state index < -0.39 is 18.5 Å². The summed E-state index contributed by atoms with van der Waals surface area (Å²) in [5.74, 6) is -1.01. The van der Waals surface area contributed by atoms with Crippen LogP contribution in [0.2, 0.25) is 0 Å². The Kier molecular flexibility index (Phi) is 7.19. The number of aryl methyl sites for hydroxylation is 4. The number of rotatable bonds is 6. The molecule has 0 bridgehead atoms. The molecule has 1 amide bonds. The van der Waals surface area contributed by atoms with E-state index in [1.807, 2.05) is 82.3 Å². The Morgan fingerprint density at radius 2 is 1.18 bits per heavy atom. The molecule has 1 N–H and O–H groups in total.